The molecule has 3 rings (SSSR count). The molecule has 0 aliphatic heterocycles. The Bertz CT molecular complexity index is 1340. The molecule has 15 heteroatoms. The summed E-state index contributed by atoms with van der Waals surface area (Å²) >= 11 is 0. The number of pyridine rings is 2. The normalized spacial score (nSPS) is 11.7. The minimum absolute atomic E-state index is 0.0794. The van der Waals surface area contributed by atoms with E-state index >= 15 is 0 Å². The van der Waals surface area contributed by atoms with Gasteiger partial charge in [0.25, 0.3) is 5.91 Å². The predicted octanol–water partition coefficient (Wildman–Crippen LogP) is 5.29. The number of alkyl halides is 6. The monoisotopic (exact) mass is 549 g/mol. The van der Waals surface area contributed by atoms with Gasteiger partial charge < -0.3 is 9.47 Å². The van der Waals surface area contributed by atoms with Gasteiger partial charge >= 0.3 is 18.3 Å². The second-order valence-electron chi connectivity index (χ2n) is 7.45. The van der Waals surface area contributed by atoms with Crippen molar-refractivity contribution in [2.24, 2.45) is 0 Å². The van der Waals surface area contributed by atoms with Gasteiger partial charge in [-0.3, -0.25) is 19.5 Å². The Kier molecular flexibility index (Phi) is 7.88. The summed E-state index contributed by atoms with van der Waals surface area (Å²) in [6.07, 6.45) is -8.63. The maximum absolute atomic E-state index is 14.1. The molecular formula is C23H15F8N3O4. The fourth-order valence-electron chi connectivity index (χ4n) is 3.30. The Labute approximate surface area is 208 Å². The van der Waals surface area contributed by atoms with Crippen molar-refractivity contribution in [3.8, 4) is 16.9 Å². The third-order valence-corrected chi connectivity index (χ3v) is 5.04. The van der Waals surface area contributed by atoms with Gasteiger partial charge in [-0.1, -0.05) is 0 Å². The predicted molar refractivity (Wildman–Crippen MR) is 114 cm³/mol. The molecule has 0 atom stereocenters. The molecule has 0 aliphatic carbocycles. The standard InChI is InChI=1S/C23H15F8N3O4/c1-37-17-8-15(25)14(24)7-13(17)12-3-4-32-9-16(12)34(10-20(35)38-2)21(36)11-5-18(22(26,27)28)33-19(6-11)23(29,30)31/h3-9H,10H2,1-2H3. The smallest absolute Gasteiger partial charge is 0.433 e. The lowest BCUT2D eigenvalue weighted by atomic mass is 10.0. The topological polar surface area (TPSA) is 81.6 Å². The van der Waals surface area contributed by atoms with Crippen LogP contribution in [0.3, 0.4) is 0 Å². The van der Waals surface area contributed by atoms with E-state index in [1.807, 2.05) is 0 Å². The van der Waals surface area contributed by atoms with Gasteiger partial charge in [0, 0.05) is 29.0 Å². The molecule has 0 unspecified atom stereocenters. The fraction of sp³-hybridized carbons (Fsp3) is 0.217. The molecule has 3 aromatic rings. The van der Waals surface area contributed by atoms with Crippen LogP contribution in [0.25, 0.3) is 11.1 Å². The summed E-state index contributed by atoms with van der Waals surface area (Å²) in [5.74, 6) is -5.51. The first-order chi connectivity index (χ1) is 17.7. The summed E-state index contributed by atoms with van der Waals surface area (Å²) in [4.78, 5) is 32.3. The molecule has 0 fully saturated rings. The number of anilines is 1. The highest BCUT2D eigenvalue weighted by Gasteiger charge is 2.40. The van der Waals surface area contributed by atoms with E-state index < -0.39 is 59.4 Å². The molecule has 202 valence electrons. The van der Waals surface area contributed by atoms with Gasteiger partial charge in [-0.25, -0.2) is 13.8 Å². The lowest BCUT2D eigenvalue weighted by molar-refractivity contribution is -0.150. The van der Waals surface area contributed by atoms with Crippen molar-refractivity contribution in [3.05, 3.63) is 71.3 Å². The summed E-state index contributed by atoms with van der Waals surface area (Å²) in [7, 11) is 2.03. The molecule has 0 radical (unpaired) electrons. The number of ether oxygens (including phenoxy) is 2. The first-order valence-corrected chi connectivity index (χ1v) is 10.2. The molecule has 2 aromatic heterocycles. The number of carbonyl (C=O) groups excluding carboxylic acids is 2. The quantitative estimate of drug-likeness (QED) is 0.307. The van der Waals surface area contributed by atoms with Crippen LogP contribution < -0.4 is 9.64 Å². The van der Waals surface area contributed by atoms with E-state index in [0.717, 1.165) is 26.6 Å². The Morgan fingerprint density at radius 1 is 0.895 bits per heavy atom. The van der Waals surface area contributed by atoms with Crippen LogP contribution in [0.4, 0.5) is 40.8 Å². The van der Waals surface area contributed by atoms with Gasteiger partial charge in [-0.05, 0) is 24.3 Å². The van der Waals surface area contributed by atoms with Gasteiger partial charge in [0.1, 0.15) is 23.7 Å². The molecule has 0 aliphatic rings. The molecular weight excluding hydrogens is 534 g/mol. The Morgan fingerprint density at radius 2 is 1.47 bits per heavy atom. The molecule has 0 saturated heterocycles. The second-order valence-corrected chi connectivity index (χ2v) is 7.45. The second kappa shape index (κ2) is 10.6. The van der Waals surface area contributed by atoms with Crippen LogP contribution in [-0.2, 0) is 21.9 Å². The molecule has 0 bridgehead atoms. The van der Waals surface area contributed by atoms with Crippen molar-refractivity contribution >= 4 is 17.6 Å². The number of methoxy groups -OCH3 is 2. The van der Waals surface area contributed by atoms with Gasteiger partial charge in [0.05, 0.1) is 26.1 Å². The first kappa shape index (κ1) is 28.3. The van der Waals surface area contributed by atoms with Gasteiger partial charge in [0.15, 0.2) is 11.6 Å². The summed E-state index contributed by atoms with van der Waals surface area (Å²) in [6.45, 7) is -1.01. The van der Waals surface area contributed by atoms with Crippen LogP contribution in [0.15, 0.2) is 42.7 Å². The fourth-order valence-corrected chi connectivity index (χ4v) is 3.30. The zero-order valence-corrected chi connectivity index (χ0v) is 19.2. The van der Waals surface area contributed by atoms with Crippen molar-refractivity contribution in [3.63, 3.8) is 0 Å². The van der Waals surface area contributed by atoms with Crippen LogP contribution in [0.2, 0.25) is 0 Å². The average molecular weight is 549 g/mol. The Hall–Kier alpha value is -4.30. The number of esters is 1. The molecule has 0 spiro atoms. The molecule has 1 amide bonds. The van der Waals surface area contributed by atoms with Crippen LogP contribution in [-0.4, -0.2) is 42.6 Å². The van der Waals surface area contributed by atoms with Crippen LogP contribution in [0.1, 0.15) is 21.7 Å². The minimum Gasteiger partial charge on any atom is -0.496 e. The molecule has 38 heavy (non-hydrogen) atoms. The van der Waals surface area contributed by atoms with Crippen molar-refractivity contribution in [1.29, 1.82) is 0 Å². The van der Waals surface area contributed by atoms with E-state index in [1.54, 1.807) is 0 Å². The summed E-state index contributed by atoms with van der Waals surface area (Å²) in [5, 5.41) is 0. The first-order valence-electron chi connectivity index (χ1n) is 10.2. The van der Waals surface area contributed by atoms with E-state index in [1.165, 1.54) is 6.07 Å². The lowest BCUT2D eigenvalue weighted by Crippen LogP contribution is -2.37. The highest BCUT2D eigenvalue weighted by atomic mass is 19.4. The number of aromatic nitrogens is 2. The third-order valence-electron chi connectivity index (χ3n) is 5.04. The number of carbonyl (C=O) groups is 2. The van der Waals surface area contributed by atoms with E-state index in [9.17, 15) is 44.7 Å². The number of benzene rings is 1. The third kappa shape index (κ3) is 5.98. The zero-order valence-electron chi connectivity index (χ0n) is 19.2. The highest BCUT2D eigenvalue weighted by molar-refractivity contribution is 6.10. The summed E-state index contributed by atoms with van der Waals surface area (Å²) in [5.41, 5.74) is -5.83. The Morgan fingerprint density at radius 3 is 2.00 bits per heavy atom. The molecule has 0 N–H and O–H groups in total. The SMILES string of the molecule is COC(=O)CN(C(=O)c1cc(C(F)(F)F)nc(C(F)(F)F)c1)c1cnccc1-c1cc(F)c(F)cc1OC. The largest absolute Gasteiger partial charge is 0.496 e. The number of nitrogens with zero attached hydrogens (tertiary/aromatic N) is 3. The van der Waals surface area contributed by atoms with Crippen molar-refractivity contribution in [2.45, 2.75) is 12.4 Å². The number of rotatable bonds is 6. The van der Waals surface area contributed by atoms with E-state index in [2.05, 4.69) is 14.7 Å². The number of halogens is 8. The number of hydrogen-bond donors (Lipinski definition) is 0. The number of hydrogen-bond acceptors (Lipinski definition) is 6. The highest BCUT2D eigenvalue weighted by Crippen LogP contribution is 2.39. The van der Waals surface area contributed by atoms with E-state index in [0.29, 0.717) is 17.0 Å². The lowest BCUT2D eigenvalue weighted by Gasteiger charge is -2.25. The maximum atomic E-state index is 14.1. The van der Waals surface area contributed by atoms with E-state index in [-0.39, 0.29) is 34.7 Å². The Balaban J connectivity index is 2.27. The van der Waals surface area contributed by atoms with Gasteiger partial charge in [-0.2, -0.15) is 26.3 Å². The summed E-state index contributed by atoms with van der Waals surface area (Å²) in [6, 6.07) is 2.70. The zero-order chi connectivity index (χ0) is 28.4. The summed E-state index contributed by atoms with van der Waals surface area (Å²) < 4.78 is 117. The van der Waals surface area contributed by atoms with Crippen molar-refractivity contribution in [1.82, 2.24) is 9.97 Å². The van der Waals surface area contributed by atoms with Gasteiger partial charge in [-0.15, -0.1) is 0 Å². The van der Waals surface area contributed by atoms with Crippen LogP contribution >= 0.6 is 0 Å². The molecule has 1 aromatic carbocycles. The van der Waals surface area contributed by atoms with Crippen LogP contribution in [0, 0.1) is 11.6 Å². The maximum Gasteiger partial charge on any atom is 0.433 e. The minimum atomic E-state index is -5.36. The molecule has 7 nitrogen and oxygen atoms in total. The average Bonchev–Trinajstić information content (AvgIpc) is 2.86. The van der Waals surface area contributed by atoms with Crippen molar-refractivity contribution in [2.75, 3.05) is 25.7 Å². The van der Waals surface area contributed by atoms with Crippen molar-refractivity contribution < 1.29 is 54.2 Å². The molecule has 0 saturated carbocycles. The number of amides is 1. The molecule has 2 heterocycles. The van der Waals surface area contributed by atoms with E-state index in [4.69, 9.17) is 4.74 Å². The van der Waals surface area contributed by atoms with Gasteiger partial charge in [0.2, 0.25) is 0 Å². The van der Waals surface area contributed by atoms with Crippen LogP contribution in [0.5, 0.6) is 5.75 Å².